The van der Waals surface area contributed by atoms with Crippen LogP contribution in [-0.2, 0) is 16.1 Å². The first-order valence-corrected chi connectivity index (χ1v) is 9.81. The Morgan fingerprint density at radius 3 is 2.89 bits per heavy atom. The highest BCUT2D eigenvalue weighted by molar-refractivity contribution is 7.18. The van der Waals surface area contributed by atoms with Crippen LogP contribution in [0.15, 0.2) is 30.5 Å². The minimum atomic E-state index is -0.810. The van der Waals surface area contributed by atoms with Gasteiger partial charge in [-0.1, -0.05) is 6.07 Å². The van der Waals surface area contributed by atoms with Gasteiger partial charge in [0.15, 0.2) is 5.82 Å². The van der Waals surface area contributed by atoms with Crippen LogP contribution in [0.1, 0.15) is 22.3 Å². The molecule has 0 spiro atoms. The number of hydrogen-bond acceptors (Lipinski definition) is 8. The van der Waals surface area contributed by atoms with Crippen molar-refractivity contribution in [3.63, 3.8) is 0 Å². The first-order valence-electron chi connectivity index (χ1n) is 9.00. The second kappa shape index (κ2) is 8.17. The number of rotatable bonds is 6. The van der Waals surface area contributed by atoms with E-state index in [0.29, 0.717) is 16.7 Å². The Morgan fingerprint density at radius 2 is 2.14 bits per heavy atom. The fourth-order valence-corrected chi connectivity index (χ4v) is 4.33. The minimum absolute atomic E-state index is 0.291. The third kappa shape index (κ3) is 3.96. The van der Waals surface area contributed by atoms with Crippen molar-refractivity contribution in [2.24, 2.45) is 5.73 Å². The van der Waals surface area contributed by atoms with E-state index in [1.54, 1.807) is 12.3 Å². The summed E-state index contributed by atoms with van der Waals surface area (Å²) in [7, 11) is 1.51. The number of morpholine rings is 1. The largest absolute Gasteiger partial charge is 0.481 e. The van der Waals surface area contributed by atoms with Crippen LogP contribution in [0.2, 0.25) is 0 Å². The molecule has 0 radical (unpaired) electrons. The van der Waals surface area contributed by atoms with Crippen LogP contribution >= 0.6 is 11.3 Å². The Bertz CT molecular complexity index is 987. The van der Waals surface area contributed by atoms with Gasteiger partial charge in [0.2, 0.25) is 11.8 Å². The first-order chi connectivity index (χ1) is 13.6. The van der Waals surface area contributed by atoms with Crippen LogP contribution in [0.4, 0.5) is 0 Å². The molecule has 0 bridgehead atoms. The highest BCUT2D eigenvalue weighted by Crippen LogP contribution is 2.31. The number of amides is 1. The summed E-state index contributed by atoms with van der Waals surface area (Å²) in [5.41, 5.74) is 7.70. The van der Waals surface area contributed by atoms with Gasteiger partial charge in [-0.2, -0.15) is 4.98 Å². The third-order valence-electron chi connectivity index (χ3n) is 4.63. The number of nitrogens with two attached hydrogens (primary N) is 1. The number of hydrogen-bond donors (Lipinski definition) is 1. The van der Waals surface area contributed by atoms with Gasteiger partial charge in [0.05, 0.1) is 30.5 Å². The summed E-state index contributed by atoms with van der Waals surface area (Å²) in [6.07, 6.45) is 1.55. The van der Waals surface area contributed by atoms with Crippen LogP contribution in [0.25, 0.3) is 10.2 Å². The van der Waals surface area contributed by atoms with E-state index in [-0.39, 0.29) is 0 Å². The Labute approximate surface area is 166 Å². The van der Waals surface area contributed by atoms with Crippen molar-refractivity contribution in [3.05, 3.63) is 46.9 Å². The van der Waals surface area contributed by atoms with Crippen LogP contribution in [0, 0.1) is 0 Å². The van der Waals surface area contributed by atoms with Gasteiger partial charge in [-0.25, -0.2) is 9.97 Å². The van der Waals surface area contributed by atoms with Gasteiger partial charge in [0.25, 0.3) is 0 Å². The summed E-state index contributed by atoms with van der Waals surface area (Å²) >= 11 is 1.44. The number of methoxy groups -OCH3 is 1. The lowest BCUT2D eigenvalue weighted by Crippen LogP contribution is -2.35. The van der Waals surface area contributed by atoms with Gasteiger partial charge in [0, 0.05) is 31.9 Å². The van der Waals surface area contributed by atoms with Crippen molar-refractivity contribution >= 4 is 27.5 Å². The maximum atomic E-state index is 12.2. The molecule has 9 heteroatoms. The van der Waals surface area contributed by atoms with Crippen molar-refractivity contribution in [2.45, 2.75) is 12.5 Å². The summed E-state index contributed by atoms with van der Waals surface area (Å²) in [4.78, 5) is 27.6. The molecule has 1 aromatic carbocycles. The van der Waals surface area contributed by atoms with Gasteiger partial charge in [-0.15, -0.1) is 11.3 Å². The normalized spacial score (nSPS) is 16.2. The minimum Gasteiger partial charge on any atom is -0.481 e. The Hall–Kier alpha value is -2.62. The summed E-state index contributed by atoms with van der Waals surface area (Å²) in [6.45, 7) is 4.28. The molecule has 3 heterocycles. The molecule has 1 aliphatic heterocycles. The monoisotopic (exact) mass is 399 g/mol. The fourth-order valence-electron chi connectivity index (χ4n) is 3.19. The predicted molar refractivity (Wildman–Crippen MR) is 105 cm³/mol. The van der Waals surface area contributed by atoms with Crippen molar-refractivity contribution in [1.82, 2.24) is 19.9 Å². The molecule has 28 heavy (non-hydrogen) atoms. The number of carbonyl (C=O) groups is 1. The molecule has 1 saturated heterocycles. The molecular formula is C19H21N5O3S. The van der Waals surface area contributed by atoms with E-state index in [9.17, 15) is 4.79 Å². The molecule has 0 saturated carbocycles. The van der Waals surface area contributed by atoms with Crippen molar-refractivity contribution in [1.29, 1.82) is 0 Å². The molecule has 1 unspecified atom stereocenters. The van der Waals surface area contributed by atoms with Crippen molar-refractivity contribution in [3.8, 4) is 5.88 Å². The average molecular weight is 399 g/mol. The van der Waals surface area contributed by atoms with Gasteiger partial charge in [-0.3, -0.25) is 9.69 Å². The molecule has 1 atom stereocenters. The van der Waals surface area contributed by atoms with E-state index in [1.165, 1.54) is 24.0 Å². The van der Waals surface area contributed by atoms with Crippen LogP contribution in [0.3, 0.4) is 0 Å². The molecule has 146 valence electrons. The van der Waals surface area contributed by atoms with E-state index in [1.807, 2.05) is 6.07 Å². The summed E-state index contributed by atoms with van der Waals surface area (Å²) in [5, 5.41) is 0.583. The SMILES string of the molecule is COc1ccnc(C(C(N)=O)c2nc3ccc(CN4CCOCC4)cc3s2)n1. The number of thiazole rings is 1. The zero-order valence-corrected chi connectivity index (χ0v) is 16.3. The van der Waals surface area contributed by atoms with Gasteiger partial charge in [0.1, 0.15) is 10.9 Å². The summed E-state index contributed by atoms with van der Waals surface area (Å²) in [5.74, 6) is -0.680. The van der Waals surface area contributed by atoms with E-state index in [2.05, 4.69) is 32.0 Å². The molecule has 1 aliphatic rings. The zero-order valence-electron chi connectivity index (χ0n) is 15.5. The lowest BCUT2D eigenvalue weighted by atomic mass is 10.1. The lowest BCUT2D eigenvalue weighted by molar-refractivity contribution is -0.118. The number of benzene rings is 1. The smallest absolute Gasteiger partial charge is 0.235 e. The van der Waals surface area contributed by atoms with Crippen LogP contribution < -0.4 is 10.5 Å². The van der Waals surface area contributed by atoms with E-state index in [4.69, 9.17) is 15.2 Å². The molecule has 0 aliphatic carbocycles. The molecule has 8 nitrogen and oxygen atoms in total. The van der Waals surface area contributed by atoms with Gasteiger partial charge < -0.3 is 15.2 Å². The second-order valence-corrected chi connectivity index (χ2v) is 7.60. The highest BCUT2D eigenvalue weighted by Gasteiger charge is 2.27. The predicted octanol–water partition coefficient (Wildman–Crippen LogP) is 1.54. The number of nitrogens with zero attached hydrogens (tertiary/aromatic N) is 4. The molecule has 2 aromatic heterocycles. The fraction of sp³-hybridized carbons (Fsp3) is 0.368. The number of carbonyl (C=O) groups excluding carboxylic acids is 1. The van der Waals surface area contributed by atoms with Crippen molar-refractivity contribution in [2.75, 3.05) is 33.4 Å². The van der Waals surface area contributed by atoms with Crippen molar-refractivity contribution < 1.29 is 14.3 Å². The van der Waals surface area contributed by atoms with E-state index in [0.717, 1.165) is 43.1 Å². The maximum Gasteiger partial charge on any atom is 0.235 e. The Balaban J connectivity index is 1.64. The quantitative estimate of drug-likeness (QED) is 0.671. The van der Waals surface area contributed by atoms with Crippen LogP contribution in [0.5, 0.6) is 5.88 Å². The second-order valence-electron chi connectivity index (χ2n) is 6.54. The molecule has 2 N–H and O–H groups in total. The topological polar surface area (TPSA) is 103 Å². The third-order valence-corrected chi connectivity index (χ3v) is 5.71. The molecule has 4 rings (SSSR count). The molecule has 1 amide bonds. The van der Waals surface area contributed by atoms with Gasteiger partial charge >= 0.3 is 0 Å². The number of ether oxygens (including phenoxy) is 2. The maximum absolute atomic E-state index is 12.2. The van der Waals surface area contributed by atoms with E-state index < -0.39 is 11.8 Å². The zero-order chi connectivity index (χ0) is 19.5. The average Bonchev–Trinajstić information content (AvgIpc) is 3.11. The van der Waals surface area contributed by atoms with E-state index >= 15 is 0 Å². The molecule has 1 fully saturated rings. The summed E-state index contributed by atoms with van der Waals surface area (Å²) in [6, 6.07) is 7.80. The Morgan fingerprint density at radius 1 is 1.32 bits per heavy atom. The number of fused-ring (bicyclic) bond motifs is 1. The summed E-state index contributed by atoms with van der Waals surface area (Å²) < 4.78 is 11.5. The molecule has 3 aromatic rings. The first kappa shape index (κ1) is 18.7. The molecular weight excluding hydrogens is 378 g/mol. The van der Waals surface area contributed by atoms with Crippen LogP contribution in [-0.4, -0.2) is 59.2 Å². The number of aromatic nitrogens is 3. The number of primary amides is 1. The standard InChI is InChI=1S/C19H21N5O3S/c1-26-15-4-5-21-18(23-15)16(17(20)25)19-22-13-3-2-12(10-14(13)28-19)11-24-6-8-27-9-7-24/h2-5,10,16H,6-9,11H2,1H3,(H2,20,25). The van der Waals surface area contributed by atoms with Gasteiger partial charge in [-0.05, 0) is 17.7 Å². The lowest BCUT2D eigenvalue weighted by Gasteiger charge is -2.26. The Kier molecular flexibility index (Phi) is 5.47. The highest BCUT2D eigenvalue weighted by atomic mass is 32.1.